The number of morpholine rings is 1. The minimum absolute atomic E-state index is 0.0964. The molecule has 0 aromatic rings. The molecule has 0 aliphatic carbocycles. The third-order valence-corrected chi connectivity index (χ3v) is 1.54. The number of ether oxygens (including phenoxy) is 1. The first-order valence-electron chi connectivity index (χ1n) is 4.42. The lowest BCUT2D eigenvalue weighted by atomic mass is 9.97. The summed E-state index contributed by atoms with van der Waals surface area (Å²) in [5.41, 5.74) is 0.0964. The highest BCUT2D eigenvalue weighted by Crippen LogP contribution is 2.10. The molecule has 1 saturated heterocycles. The van der Waals surface area contributed by atoms with Gasteiger partial charge in [-0.15, -0.1) is 0 Å². The molecule has 0 saturated carbocycles. The molecule has 2 nitrogen and oxygen atoms in total. The fraction of sp³-hybridized carbons (Fsp3) is 0.800. The molecule has 1 aliphatic rings. The Morgan fingerprint density at radius 1 is 1.42 bits per heavy atom. The molecule has 1 unspecified atom stereocenters. The van der Waals surface area contributed by atoms with E-state index >= 15 is 0 Å². The Morgan fingerprint density at radius 3 is 2.67 bits per heavy atom. The second kappa shape index (κ2) is 3.93. The van der Waals surface area contributed by atoms with Gasteiger partial charge < -0.3 is 4.74 Å². The van der Waals surface area contributed by atoms with Gasteiger partial charge >= 0.3 is 0 Å². The van der Waals surface area contributed by atoms with E-state index in [1.165, 1.54) is 0 Å². The fourth-order valence-electron chi connectivity index (χ4n) is 0.962. The van der Waals surface area contributed by atoms with Gasteiger partial charge in [0.2, 0.25) is 0 Å². The van der Waals surface area contributed by atoms with Crippen molar-refractivity contribution in [3.05, 3.63) is 0 Å². The van der Waals surface area contributed by atoms with Gasteiger partial charge in [-0.1, -0.05) is 11.8 Å². The Labute approximate surface area is 74.7 Å². The van der Waals surface area contributed by atoms with E-state index in [0.717, 1.165) is 19.8 Å². The van der Waals surface area contributed by atoms with Crippen LogP contribution in [0.3, 0.4) is 0 Å². The van der Waals surface area contributed by atoms with E-state index in [1.807, 2.05) is 0 Å². The first kappa shape index (κ1) is 9.57. The molecular weight excluding hydrogens is 150 g/mol. The molecule has 0 aromatic carbocycles. The van der Waals surface area contributed by atoms with Crippen molar-refractivity contribution in [2.45, 2.75) is 26.8 Å². The molecule has 1 aliphatic heterocycles. The smallest absolute Gasteiger partial charge is 0.0927 e. The van der Waals surface area contributed by atoms with Crippen molar-refractivity contribution in [2.75, 3.05) is 19.8 Å². The SMILES string of the molecule is CC(C)(C)C#CC1COCCN1. The maximum atomic E-state index is 5.28. The van der Waals surface area contributed by atoms with Gasteiger partial charge in [-0.2, -0.15) is 0 Å². The van der Waals surface area contributed by atoms with Crippen LogP contribution in [0.2, 0.25) is 0 Å². The molecule has 0 aromatic heterocycles. The monoisotopic (exact) mass is 167 g/mol. The van der Waals surface area contributed by atoms with Crippen LogP contribution in [0.5, 0.6) is 0 Å². The molecule has 1 atom stereocenters. The first-order chi connectivity index (χ1) is 5.58. The summed E-state index contributed by atoms with van der Waals surface area (Å²) >= 11 is 0. The average molecular weight is 167 g/mol. The van der Waals surface area contributed by atoms with Crippen molar-refractivity contribution in [1.82, 2.24) is 5.32 Å². The van der Waals surface area contributed by atoms with Crippen molar-refractivity contribution in [3.63, 3.8) is 0 Å². The molecule has 2 heteroatoms. The zero-order valence-electron chi connectivity index (χ0n) is 8.11. The highest BCUT2D eigenvalue weighted by Gasteiger charge is 2.10. The Hall–Kier alpha value is -0.520. The van der Waals surface area contributed by atoms with Gasteiger partial charge in [-0.3, -0.25) is 5.32 Å². The highest BCUT2D eigenvalue weighted by atomic mass is 16.5. The molecule has 0 radical (unpaired) electrons. The Kier molecular flexibility index (Phi) is 3.13. The van der Waals surface area contributed by atoms with Gasteiger partial charge in [-0.25, -0.2) is 0 Å². The Bertz CT molecular complexity index is 188. The van der Waals surface area contributed by atoms with Crippen LogP contribution < -0.4 is 5.32 Å². The standard InChI is InChI=1S/C10H17NO/c1-10(2,3)5-4-9-8-12-7-6-11-9/h9,11H,6-8H2,1-3H3. The molecule has 0 spiro atoms. The number of hydrogen-bond acceptors (Lipinski definition) is 2. The predicted molar refractivity (Wildman–Crippen MR) is 49.8 cm³/mol. The van der Waals surface area contributed by atoms with Gasteiger partial charge in [0.25, 0.3) is 0 Å². The molecule has 1 rings (SSSR count). The zero-order valence-corrected chi connectivity index (χ0v) is 8.11. The van der Waals surface area contributed by atoms with E-state index in [-0.39, 0.29) is 11.5 Å². The van der Waals surface area contributed by atoms with Crippen LogP contribution in [-0.4, -0.2) is 25.8 Å². The van der Waals surface area contributed by atoms with Gasteiger partial charge in [0.15, 0.2) is 0 Å². The second-order valence-corrected chi connectivity index (χ2v) is 4.10. The highest BCUT2D eigenvalue weighted by molar-refractivity contribution is 5.13. The van der Waals surface area contributed by atoms with Gasteiger partial charge in [0.1, 0.15) is 0 Å². The summed E-state index contributed by atoms with van der Waals surface area (Å²) in [5, 5.41) is 3.29. The van der Waals surface area contributed by atoms with Crippen molar-refractivity contribution in [3.8, 4) is 11.8 Å². The Morgan fingerprint density at radius 2 is 2.17 bits per heavy atom. The van der Waals surface area contributed by atoms with E-state index < -0.39 is 0 Å². The number of rotatable bonds is 0. The summed E-state index contributed by atoms with van der Waals surface area (Å²) in [6.07, 6.45) is 0. The first-order valence-corrected chi connectivity index (χ1v) is 4.42. The lowest BCUT2D eigenvalue weighted by Crippen LogP contribution is -2.40. The van der Waals surface area contributed by atoms with E-state index in [0.29, 0.717) is 0 Å². The molecule has 68 valence electrons. The van der Waals surface area contributed by atoms with Crippen molar-refractivity contribution < 1.29 is 4.74 Å². The third kappa shape index (κ3) is 3.75. The molecule has 1 fully saturated rings. The minimum Gasteiger partial charge on any atom is -0.377 e. The lowest BCUT2D eigenvalue weighted by molar-refractivity contribution is 0.0924. The third-order valence-electron chi connectivity index (χ3n) is 1.54. The van der Waals surface area contributed by atoms with Crippen molar-refractivity contribution in [1.29, 1.82) is 0 Å². The van der Waals surface area contributed by atoms with Gasteiger partial charge in [0.05, 0.1) is 19.3 Å². The van der Waals surface area contributed by atoms with Crippen LogP contribution in [0.1, 0.15) is 20.8 Å². The summed E-state index contributed by atoms with van der Waals surface area (Å²) < 4.78 is 5.28. The Balaban J connectivity index is 2.41. The largest absolute Gasteiger partial charge is 0.377 e. The van der Waals surface area contributed by atoms with E-state index in [4.69, 9.17) is 4.74 Å². The molecule has 1 N–H and O–H groups in total. The van der Waals surface area contributed by atoms with Crippen LogP contribution in [0.25, 0.3) is 0 Å². The van der Waals surface area contributed by atoms with Gasteiger partial charge in [0, 0.05) is 12.0 Å². The fourth-order valence-corrected chi connectivity index (χ4v) is 0.962. The molecule has 0 amide bonds. The number of hydrogen-bond donors (Lipinski definition) is 1. The van der Waals surface area contributed by atoms with Crippen LogP contribution in [-0.2, 0) is 4.74 Å². The topological polar surface area (TPSA) is 21.3 Å². The van der Waals surface area contributed by atoms with Crippen molar-refractivity contribution >= 4 is 0 Å². The summed E-state index contributed by atoms with van der Waals surface area (Å²) in [6.45, 7) is 8.80. The molecular formula is C10H17NO. The summed E-state index contributed by atoms with van der Waals surface area (Å²) in [4.78, 5) is 0. The second-order valence-electron chi connectivity index (χ2n) is 4.10. The van der Waals surface area contributed by atoms with Crippen molar-refractivity contribution in [2.24, 2.45) is 5.41 Å². The predicted octanol–water partition coefficient (Wildman–Crippen LogP) is 1.02. The summed E-state index contributed by atoms with van der Waals surface area (Å²) in [7, 11) is 0. The summed E-state index contributed by atoms with van der Waals surface area (Å²) in [6, 6.07) is 0.234. The maximum Gasteiger partial charge on any atom is 0.0927 e. The van der Waals surface area contributed by atoms with Crippen LogP contribution in [0.4, 0.5) is 0 Å². The lowest BCUT2D eigenvalue weighted by Gasteiger charge is -2.19. The molecule has 0 bridgehead atoms. The van der Waals surface area contributed by atoms with Crippen LogP contribution in [0, 0.1) is 17.3 Å². The molecule has 12 heavy (non-hydrogen) atoms. The minimum atomic E-state index is 0.0964. The quantitative estimate of drug-likeness (QED) is 0.544. The number of nitrogens with one attached hydrogen (secondary N) is 1. The van der Waals surface area contributed by atoms with Crippen LogP contribution >= 0.6 is 0 Å². The van der Waals surface area contributed by atoms with Crippen LogP contribution in [0.15, 0.2) is 0 Å². The normalized spacial score (nSPS) is 24.4. The van der Waals surface area contributed by atoms with E-state index in [1.54, 1.807) is 0 Å². The maximum absolute atomic E-state index is 5.28. The summed E-state index contributed by atoms with van der Waals surface area (Å²) in [5.74, 6) is 6.37. The zero-order chi connectivity index (χ0) is 9.03. The molecule has 1 heterocycles. The van der Waals surface area contributed by atoms with E-state index in [2.05, 4.69) is 37.9 Å². The average Bonchev–Trinajstić information content (AvgIpc) is 2.02. The van der Waals surface area contributed by atoms with Gasteiger partial charge in [-0.05, 0) is 20.8 Å². The van der Waals surface area contributed by atoms with E-state index in [9.17, 15) is 0 Å².